The van der Waals surface area contributed by atoms with Gasteiger partial charge in [0.05, 0.1) is 7.11 Å². The molecule has 3 aromatic rings. The van der Waals surface area contributed by atoms with Crippen molar-refractivity contribution in [3.05, 3.63) is 95.1 Å². The van der Waals surface area contributed by atoms with Gasteiger partial charge < -0.3 is 14.4 Å². The van der Waals surface area contributed by atoms with E-state index in [1.807, 2.05) is 84.6 Å². The van der Waals surface area contributed by atoms with Crippen LogP contribution < -0.4 is 9.47 Å². The zero-order valence-corrected chi connectivity index (χ0v) is 18.8. The Bertz CT molecular complexity index is 981. The Morgan fingerprint density at radius 1 is 0.903 bits per heavy atom. The quantitative estimate of drug-likeness (QED) is 0.436. The molecule has 0 radical (unpaired) electrons. The van der Waals surface area contributed by atoms with Crippen molar-refractivity contribution in [3.8, 4) is 11.5 Å². The lowest BCUT2D eigenvalue weighted by atomic mass is 10.1. The second-order valence-corrected chi connectivity index (χ2v) is 8.21. The molecule has 31 heavy (non-hydrogen) atoms. The summed E-state index contributed by atoms with van der Waals surface area (Å²) in [6.07, 6.45) is 0. The van der Waals surface area contributed by atoms with Crippen molar-refractivity contribution < 1.29 is 14.3 Å². The first-order chi connectivity index (χ1) is 15.0. The Labute approximate surface area is 185 Å². The summed E-state index contributed by atoms with van der Waals surface area (Å²) in [4.78, 5) is 15.0. The number of aryl methyl sites for hydroxylation is 1. The van der Waals surface area contributed by atoms with Crippen LogP contribution in [0.2, 0.25) is 0 Å². The van der Waals surface area contributed by atoms with E-state index in [-0.39, 0.29) is 5.91 Å². The summed E-state index contributed by atoms with van der Waals surface area (Å²) in [7, 11) is 1.64. The molecular weight excluding hydrogens is 386 g/mol. The monoisotopic (exact) mass is 417 g/mol. The van der Waals surface area contributed by atoms with E-state index < -0.39 is 0 Å². The van der Waals surface area contributed by atoms with Crippen LogP contribution in [-0.2, 0) is 13.2 Å². The molecule has 0 heterocycles. The van der Waals surface area contributed by atoms with Gasteiger partial charge in [-0.25, -0.2) is 0 Å². The molecule has 0 aromatic heterocycles. The van der Waals surface area contributed by atoms with Crippen LogP contribution in [0, 0.1) is 12.8 Å². The van der Waals surface area contributed by atoms with Crippen LogP contribution in [0.4, 0.5) is 0 Å². The molecule has 0 saturated heterocycles. The van der Waals surface area contributed by atoms with E-state index in [9.17, 15) is 4.79 Å². The molecule has 0 atom stereocenters. The van der Waals surface area contributed by atoms with Gasteiger partial charge in [-0.3, -0.25) is 4.79 Å². The molecule has 0 aliphatic heterocycles. The van der Waals surface area contributed by atoms with Gasteiger partial charge in [0.15, 0.2) is 11.5 Å². The number of carbonyl (C=O) groups excluding carboxylic acids is 1. The molecule has 0 aliphatic carbocycles. The number of rotatable bonds is 9. The largest absolute Gasteiger partial charge is 0.493 e. The fraction of sp³-hybridized carbons (Fsp3) is 0.296. The van der Waals surface area contributed by atoms with Gasteiger partial charge in [-0.15, -0.1) is 0 Å². The summed E-state index contributed by atoms with van der Waals surface area (Å²) in [5, 5.41) is 0. The zero-order valence-electron chi connectivity index (χ0n) is 18.8. The highest BCUT2D eigenvalue weighted by atomic mass is 16.5. The lowest BCUT2D eigenvalue weighted by Gasteiger charge is -2.25. The number of methoxy groups -OCH3 is 1. The molecule has 4 nitrogen and oxygen atoms in total. The minimum absolute atomic E-state index is 0.0390. The molecule has 0 unspecified atom stereocenters. The zero-order chi connectivity index (χ0) is 22.2. The molecule has 3 rings (SSSR count). The van der Waals surface area contributed by atoms with E-state index in [1.54, 1.807) is 7.11 Å². The van der Waals surface area contributed by atoms with Crippen LogP contribution in [-0.4, -0.2) is 24.5 Å². The third-order valence-corrected chi connectivity index (χ3v) is 5.01. The van der Waals surface area contributed by atoms with Crippen LogP contribution in [0.15, 0.2) is 72.8 Å². The van der Waals surface area contributed by atoms with Crippen molar-refractivity contribution >= 4 is 5.91 Å². The second kappa shape index (κ2) is 10.7. The Balaban J connectivity index is 1.75. The number of carbonyl (C=O) groups is 1. The first-order valence-corrected chi connectivity index (χ1v) is 10.7. The predicted octanol–water partition coefficient (Wildman–Crippen LogP) is 5.88. The Morgan fingerprint density at radius 2 is 1.61 bits per heavy atom. The average molecular weight is 418 g/mol. The van der Waals surface area contributed by atoms with Gasteiger partial charge >= 0.3 is 0 Å². The van der Waals surface area contributed by atoms with Gasteiger partial charge in [0.2, 0.25) is 0 Å². The third kappa shape index (κ3) is 6.35. The van der Waals surface area contributed by atoms with Gasteiger partial charge in [0.25, 0.3) is 5.91 Å². The van der Waals surface area contributed by atoms with E-state index >= 15 is 0 Å². The molecule has 0 fully saturated rings. The predicted molar refractivity (Wildman–Crippen MR) is 125 cm³/mol. The molecule has 162 valence electrons. The fourth-order valence-corrected chi connectivity index (χ4v) is 3.42. The standard InChI is InChI=1S/C27H31NO3/c1-20(2)17-28(27(29)24-13-10-21(3)11-14-24)18-23-12-15-25(26(16-23)30-4)31-19-22-8-6-5-7-9-22/h5-16,20H,17-19H2,1-4H3. The number of nitrogens with zero attached hydrogens (tertiary/aromatic N) is 1. The first kappa shape index (κ1) is 22.4. The fourth-order valence-electron chi connectivity index (χ4n) is 3.42. The lowest BCUT2D eigenvalue weighted by molar-refractivity contribution is 0.0722. The average Bonchev–Trinajstić information content (AvgIpc) is 2.78. The molecule has 0 saturated carbocycles. The van der Waals surface area contributed by atoms with Gasteiger partial charge in [-0.05, 0) is 48.2 Å². The molecular formula is C27H31NO3. The topological polar surface area (TPSA) is 38.8 Å². The molecule has 1 amide bonds. The molecule has 4 heteroatoms. The van der Waals surface area contributed by atoms with Gasteiger partial charge in [0.1, 0.15) is 6.61 Å². The number of hydrogen-bond donors (Lipinski definition) is 0. The van der Waals surface area contributed by atoms with Crippen molar-refractivity contribution in [1.29, 1.82) is 0 Å². The summed E-state index contributed by atoms with van der Waals surface area (Å²) in [5.74, 6) is 1.76. The van der Waals surface area contributed by atoms with Crippen molar-refractivity contribution in [3.63, 3.8) is 0 Å². The van der Waals surface area contributed by atoms with Gasteiger partial charge in [-0.1, -0.05) is 67.9 Å². The van der Waals surface area contributed by atoms with Crippen LogP contribution in [0.1, 0.15) is 40.9 Å². The van der Waals surface area contributed by atoms with E-state index in [1.165, 1.54) is 0 Å². The number of benzene rings is 3. The summed E-state index contributed by atoms with van der Waals surface area (Å²) < 4.78 is 11.5. The van der Waals surface area contributed by atoms with Gasteiger partial charge in [-0.2, -0.15) is 0 Å². The van der Waals surface area contributed by atoms with Crippen molar-refractivity contribution in [2.24, 2.45) is 5.92 Å². The summed E-state index contributed by atoms with van der Waals surface area (Å²) in [6, 6.07) is 23.6. The molecule has 0 spiro atoms. The molecule has 0 aliphatic rings. The summed E-state index contributed by atoms with van der Waals surface area (Å²) in [5.41, 5.74) is 3.95. The molecule has 3 aromatic carbocycles. The van der Waals surface area contributed by atoms with Crippen LogP contribution in [0.25, 0.3) is 0 Å². The second-order valence-electron chi connectivity index (χ2n) is 8.21. The maximum absolute atomic E-state index is 13.1. The van der Waals surface area contributed by atoms with E-state index in [0.29, 0.717) is 42.7 Å². The Morgan fingerprint density at radius 3 is 2.26 bits per heavy atom. The van der Waals surface area contributed by atoms with Gasteiger partial charge in [0, 0.05) is 18.7 Å². The maximum atomic E-state index is 13.1. The normalized spacial score (nSPS) is 10.7. The number of amides is 1. The summed E-state index contributed by atoms with van der Waals surface area (Å²) >= 11 is 0. The maximum Gasteiger partial charge on any atom is 0.254 e. The Kier molecular flexibility index (Phi) is 7.71. The molecule has 0 bridgehead atoms. The summed E-state index contributed by atoms with van der Waals surface area (Å²) in [6.45, 7) is 7.93. The minimum Gasteiger partial charge on any atom is -0.493 e. The van der Waals surface area contributed by atoms with Crippen molar-refractivity contribution in [2.75, 3.05) is 13.7 Å². The van der Waals surface area contributed by atoms with Crippen molar-refractivity contribution in [1.82, 2.24) is 4.90 Å². The first-order valence-electron chi connectivity index (χ1n) is 10.7. The van der Waals surface area contributed by atoms with E-state index in [0.717, 1.165) is 16.7 Å². The smallest absolute Gasteiger partial charge is 0.254 e. The number of hydrogen-bond acceptors (Lipinski definition) is 3. The van der Waals surface area contributed by atoms with Crippen LogP contribution >= 0.6 is 0 Å². The van der Waals surface area contributed by atoms with Crippen LogP contribution in [0.5, 0.6) is 11.5 Å². The highest BCUT2D eigenvalue weighted by Gasteiger charge is 2.18. The van der Waals surface area contributed by atoms with Crippen LogP contribution in [0.3, 0.4) is 0 Å². The van der Waals surface area contributed by atoms with Crippen molar-refractivity contribution in [2.45, 2.75) is 33.9 Å². The third-order valence-electron chi connectivity index (χ3n) is 5.01. The van der Waals surface area contributed by atoms with E-state index in [4.69, 9.17) is 9.47 Å². The molecule has 0 N–H and O–H groups in total. The van der Waals surface area contributed by atoms with E-state index in [2.05, 4.69) is 13.8 Å². The Hall–Kier alpha value is -3.27. The SMILES string of the molecule is COc1cc(CN(CC(C)C)C(=O)c2ccc(C)cc2)ccc1OCc1ccccc1. The lowest BCUT2D eigenvalue weighted by Crippen LogP contribution is -2.33. The minimum atomic E-state index is 0.0390. The highest BCUT2D eigenvalue weighted by molar-refractivity contribution is 5.94. The number of ether oxygens (including phenoxy) is 2. The highest BCUT2D eigenvalue weighted by Crippen LogP contribution is 2.29.